The number of fused-ring (bicyclic) bond motifs is 1. The molecule has 0 spiro atoms. The van der Waals surface area contributed by atoms with Crippen molar-refractivity contribution in [3.8, 4) is 5.75 Å². The molecule has 1 aromatic carbocycles. The molecule has 1 aliphatic carbocycles. The molecule has 58 valence electrons. The van der Waals surface area contributed by atoms with E-state index in [0.717, 1.165) is 18.4 Å². The lowest BCUT2D eigenvalue weighted by atomic mass is 10.1. The van der Waals surface area contributed by atoms with Gasteiger partial charge in [0.15, 0.2) is 0 Å². The van der Waals surface area contributed by atoms with E-state index in [4.69, 9.17) is 0 Å². The highest BCUT2D eigenvalue weighted by molar-refractivity contribution is 7.80. The topological polar surface area (TPSA) is 20.2 Å². The Morgan fingerprint density at radius 1 is 1.45 bits per heavy atom. The highest BCUT2D eigenvalue weighted by Crippen LogP contribution is 2.40. The maximum atomic E-state index is 9.45. The van der Waals surface area contributed by atoms with Crippen molar-refractivity contribution >= 4 is 12.6 Å². The Balaban J connectivity index is 2.58. The molecule has 1 N–H and O–H groups in total. The van der Waals surface area contributed by atoms with E-state index in [1.54, 1.807) is 6.07 Å². The van der Waals surface area contributed by atoms with Gasteiger partial charge >= 0.3 is 0 Å². The van der Waals surface area contributed by atoms with Gasteiger partial charge in [0.25, 0.3) is 0 Å². The van der Waals surface area contributed by atoms with Crippen LogP contribution in [0.1, 0.15) is 22.8 Å². The van der Waals surface area contributed by atoms with Crippen LogP contribution in [0.2, 0.25) is 0 Å². The number of thiol groups is 1. The molecule has 0 aliphatic heterocycles. The van der Waals surface area contributed by atoms with Crippen LogP contribution in [-0.4, -0.2) is 5.11 Å². The molecule has 11 heavy (non-hydrogen) atoms. The predicted octanol–water partition coefficient (Wildman–Crippen LogP) is 2.31. The Kier molecular flexibility index (Phi) is 1.57. The van der Waals surface area contributed by atoms with E-state index in [-0.39, 0.29) is 5.25 Å². The molecule has 0 heterocycles. The summed E-state index contributed by atoms with van der Waals surface area (Å²) in [7, 11) is 0. The van der Waals surface area contributed by atoms with Crippen LogP contribution >= 0.6 is 12.6 Å². The Labute approximate surface area is 71.5 Å². The maximum Gasteiger partial charge on any atom is 0.120 e. The minimum atomic E-state index is 0.242. The van der Waals surface area contributed by atoms with E-state index in [1.807, 2.05) is 6.07 Å². The Bertz CT molecular complexity index is 283. The first kappa shape index (κ1) is 7.04. The van der Waals surface area contributed by atoms with Gasteiger partial charge in [0.05, 0.1) is 0 Å². The molecule has 1 nitrogen and oxygen atoms in total. The van der Waals surface area contributed by atoms with Crippen LogP contribution in [0, 0.1) is 0 Å². The van der Waals surface area contributed by atoms with E-state index >= 15 is 0 Å². The average molecular weight is 166 g/mol. The summed E-state index contributed by atoms with van der Waals surface area (Å²) in [6, 6.07) is 5.68. The third kappa shape index (κ3) is 1.02. The summed E-state index contributed by atoms with van der Waals surface area (Å²) in [6.07, 6.45) is 2.11. The zero-order chi connectivity index (χ0) is 7.84. The molecule has 2 rings (SSSR count). The fourth-order valence-electron chi connectivity index (χ4n) is 1.64. The monoisotopic (exact) mass is 166 g/mol. The van der Waals surface area contributed by atoms with Gasteiger partial charge in [0.1, 0.15) is 5.75 Å². The van der Waals surface area contributed by atoms with E-state index in [0.29, 0.717) is 5.75 Å². The van der Waals surface area contributed by atoms with Crippen LogP contribution in [0.5, 0.6) is 5.75 Å². The summed E-state index contributed by atoms with van der Waals surface area (Å²) in [4.78, 5) is 0. The quantitative estimate of drug-likeness (QED) is 0.567. The van der Waals surface area contributed by atoms with E-state index < -0.39 is 0 Å². The molecular formula is C9H10OS. The molecular weight excluding hydrogens is 156 g/mol. The van der Waals surface area contributed by atoms with Crippen LogP contribution in [0.3, 0.4) is 0 Å². The van der Waals surface area contributed by atoms with Crippen molar-refractivity contribution in [3.63, 3.8) is 0 Å². The molecule has 0 aromatic heterocycles. The second-order valence-corrected chi connectivity index (χ2v) is 3.53. The van der Waals surface area contributed by atoms with Crippen LogP contribution in [0.25, 0.3) is 0 Å². The third-order valence-electron chi connectivity index (χ3n) is 2.19. The minimum Gasteiger partial charge on any atom is -0.508 e. The van der Waals surface area contributed by atoms with Gasteiger partial charge in [-0.15, -0.1) is 0 Å². The molecule has 0 bridgehead atoms. The second kappa shape index (κ2) is 2.45. The van der Waals surface area contributed by atoms with Gasteiger partial charge in [-0.2, -0.15) is 12.6 Å². The highest BCUT2D eigenvalue weighted by atomic mass is 32.1. The number of benzene rings is 1. The van der Waals surface area contributed by atoms with Gasteiger partial charge in [-0.3, -0.25) is 0 Å². The summed E-state index contributed by atoms with van der Waals surface area (Å²) in [6.45, 7) is 0. The summed E-state index contributed by atoms with van der Waals surface area (Å²) in [5, 5.41) is 9.69. The molecule has 1 aliphatic rings. The Hall–Kier alpha value is -0.630. The van der Waals surface area contributed by atoms with Gasteiger partial charge < -0.3 is 5.11 Å². The minimum absolute atomic E-state index is 0.242. The molecule has 0 radical (unpaired) electrons. The molecule has 0 saturated heterocycles. The van der Waals surface area contributed by atoms with Crippen molar-refractivity contribution in [2.45, 2.75) is 18.1 Å². The third-order valence-corrected chi connectivity index (χ3v) is 2.71. The Morgan fingerprint density at radius 3 is 3.00 bits per heavy atom. The highest BCUT2D eigenvalue weighted by Gasteiger charge is 2.21. The van der Waals surface area contributed by atoms with Crippen molar-refractivity contribution in [1.29, 1.82) is 0 Å². The molecule has 0 fully saturated rings. The predicted molar refractivity (Wildman–Crippen MR) is 48.2 cm³/mol. The molecule has 0 amide bonds. The van der Waals surface area contributed by atoms with E-state index in [2.05, 4.69) is 18.7 Å². The largest absolute Gasteiger partial charge is 0.508 e. The van der Waals surface area contributed by atoms with Gasteiger partial charge in [-0.05, 0) is 24.5 Å². The summed E-state index contributed by atoms with van der Waals surface area (Å²) in [5.41, 5.74) is 2.29. The van der Waals surface area contributed by atoms with Crippen LogP contribution < -0.4 is 0 Å². The van der Waals surface area contributed by atoms with Crippen LogP contribution in [0.4, 0.5) is 0 Å². The summed E-state index contributed by atoms with van der Waals surface area (Å²) in [5.74, 6) is 0.403. The summed E-state index contributed by atoms with van der Waals surface area (Å²) < 4.78 is 0. The lowest BCUT2D eigenvalue weighted by molar-refractivity contribution is 0.469. The number of aryl methyl sites for hydroxylation is 1. The number of aromatic hydroxyl groups is 1. The SMILES string of the molecule is Oc1cccc2c1C(S)CC2. The number of phenols is 1. The second-order valence-electron chi connectivity index (χ2n) is 2.90. The standard InChI is InChI=1S/C9H10OS/c10-7-3-1-2-6-4-5-8(11)9(6)7/h1-3,8,10-11H,4-5H2. The van der Waals surface area contributed by atoms with Crippen LogP contribution in [-0.2, 0) is 6.42 Å². The number of rotatable bonds is 0. The molecule has 2 heteroatoms. The average Bonchev–Trinajstić information content (AvgIpc) is 2.34. The van der Waals surface area contributed by atoms with Gasteiger partial charge in [-0.1, -0.05) is 12.1 Å². The van der Waals surface area contributed by atoms with Gasteiger partial charge in [0, 0.05) is 10.8 Å². The fraction of sp³-hybridized carbons (Fsp3) is 0.333. The first-order chi connectivity index (χ1) is 5.29. The number of hydrogen-bond acceptors (Lipinski definition) is 2. The number of phenolic OH excluding ortho intramolecular Hbond substituents is 1. The molecule has 0 saturated carbocycles. The maximum absolute atomic E-state index is 9.45. The van der Waals surface area contributed by atoms with Crippen LogP contribution in [0.15, 0.2) is 18.2 Å². The Morgan fingerprint density at radius 2 is 2.27 bits per heavy atom. The zero-order valence-corrected chi connectivity index (χ0v) is 7.01. The zero-order valence-electron chi connectivity index (χ0n) is 6.12. The first-order valence-electron chi connectivity index (χ1n) is 3.78. The normalized spacial score (nSPS) is 21.7. The lowest BCUT2D eigenvalue weighted by Gasteiger charge is -2.04. The fourth-order valence-corrected chi connectivity index (χ4v) is 2.07. The molecule has 1 atom stereocenters. The molecule has 1 aromatic rings. The van der Waals surface area contributed by atoms with Crippen molar-refractivity contribution in [2.75, 3.05) is 0 Å². The van der Waals surface area contributed by atoms with Crippen molar-refractivity contribution in [1.82, 2.24) is 0 Å². The first-order valence-corrected chi connectivity index (χ1v) is 4.29. The van der Waals surface area contributed by atoms with E-state index in [1.165, 1.54) is 5.56 Å². The van der Waals surface area contributed by atoms with Crippen molar-refractivity contribution in [3.05, 3.63) is 29.3 Å². The van der Waals surface area contributed by atoms with Gasteiger partial charge in [-0.25, -0.2) is 0 Å². The van der Waals surface area contributed by atoms with Crippen molar-refractivity contribution in [2.24, 2.45) is 0 Å². The van der Waals surface area contributed by atoms with Gasteiger partial charge in [0.2, 0.25) is 0 Å². The lowest BCUT2D eigenvalue weighted by Crippen LogP contribution is -1.83. The smallest absolute Gasteiger partial charge is 0.120 e. The van der Waals surface area contributed by atoms with Crippen molar-refractivity contribution < 1.29 is 5.11 Å². The number of hydrogen-bond donors (Lipinski definition) is 2. The van der Waals surface area contributed by atoms with E-state index in [9.17, 15) is 5.11 Å². The summed E-state index contributed by atoms with van der Waals surface area (Å²) >= 11 is 4.38. The molecule has 1 unspecified atom stereocenters.